The molecule has 0 unspecified atom stereocenters. The van der Waals surface area contributed by atoms with Gasteiger partial charge in [0.05, 0.1) is 0 Å². The van der Waals surface area contributed by atoms with Crippen molar-refractivity contribution in [3.05, 3.63) is 53.6 Å². The van der Waals surface area contributed by atoms with Crippen LogP contribution in [0.4, 0.5) is 5.69 Å². The van der Waals surface area contributed by atoms with Gasteiger partial charge in [-0.2, -0.15) is 0 Å². The van der Waals surface area contributed by atoms with Gasteiger partial charge in [-0.05, 0) is 0 Å². The molecule has 0 bridgehead atoms. The molecule has 0 radical (unpaired) electrons. The Hall–Kier alpha value is -2.17. The van der Waals surface area contributed by atoms with Crippen molar-refractivity contribution in [2.45, 2.75) is 6.54 Å². The Kier molecular flexibility index (Phi) is 3.99. The third-order valence-electron chi connectivity index (χ3n) is 3.14. The molecule has 5 nitrogen and oxygen atoms in total. The van der Waals surface area contributed by atoms with E-state index in [0.29, 0.717) is 12.1 Å². The molecule has 0 saturated heterocycles. The predicted octanol–water partition coefficient (Wildman–Crippen LogP) is 2.09. The summed E-state index contributed by atoms with van der Waals surface area (Å²) in [7, 11) is 1.38. The molecule has 2 aromatic carbocycles. The number of benzene rings is 2. The van der Waals surface area contributed by atoms with Crippen LogP contribution in [0.2, 0.25) is 0 Å². The van der Waals surface area contributed by atoms with E-state index in [4.69, 9.17) is 0 Å². The van der Waals surface area contributed by atoms with Crippen molar-refractivity contribution in [2.24, 2.45) is 0 Å². The van der Waals surface area contributed by atoms with Gasteiger partial charge >= 0.3 is 128 Å². The Balaban J connectivity index is 1.73. The monoisotopic (exact) mass is 347 g/mol. The molecule has 21 heavy (non-hydrogen) atoms. The van der Waals surface area contributed by atoms with Crippen LogP contribution in [0, 0.1) is 0 Å². The van der Waals surface area contributed by atoms with Crippen molar-refractivity contribution in [3.63, 3.8) is 0 Å². The average molecular weight is 346 g/mol. The number of nitrogens with zero attached hydrogens (tertiary/aromatic N) is 2. The molecule has 0 amide bonds. The first-order valence-corrected chi connectivity index (χ1v) is 7.93. The number of fused-ring (bicyclic) bond motifs is 1. The van der Waals surface area contributed by atoms with Crippen LogP contribution in [0.3, 0.4) is 0 Å². The van der Waals surface area contributed by atoms with Crippen LogP contribution < -0.4 is 5.32 Å². The first-order valence-electron chi connectivity index (χ1n) is 6.40. The molecule has 3 rings (SSSR count). The number of hydrogen-bond donors (Lipinski definition) is 1. The number of esters is 1. The minimum atomic E-state index is -0.321. The third-order valence-corrected chi connectivity index (χ3v) is 4.28. The van der Waals surface area contributed by atoms with E-state index in [0.717, 1.165) is 22.3 Å². The molecule has 0 aliphatic rings. The van der Waals surface area contributed by atoms with Gasteiger partial charge in [-0.3, -0.25) is 0 Å². The van der Waals surface area contributed by atoms with E-state index in [1.54, 1.807) is 12.1 Å². The Morgan fingerprint density at radius 3 is 2.76 bits per heavy atom. The number of carbonyl (C=O) groups is 1. The Morgan fingerprint density at radius 2 is 2.00 bits per heavy atom. The second kappa shape index (κ2) is 6.08. The summed E-state index contributed by atoms with van der Waals surface area (Å²) >= 11 is -0.0255. The van der Waals surface area contributed by atoms with Crippen LogP contribution in [0.25, 0.3) is 11.0 Å². The maximum absolute atomic E-state index is 11.4. The number of rotatable bonds is 4. The number of methoxy groups -OCH3 is 1. The maximum atomic E-state index is 11.4. The molecule has 0 fully saturated rings. The van der Waals surface area contributed by atoms with Gasteiger partial charge in [-0.25, -0.2) is 0 Å². The molecule has 0 aliphatic carbocycles. The van der Waals surface area contributed by atoms with E-state index in [1.807, 2.05) is 30.3 Å². The number of aromatic nitrogens is 2. The molecule has 0 atom stereocenters. The van der Waals surface area contributed by atoms with Crippen LogP contribution in [0.1, 0.15) is 15.9 Å². The van der Waals surface area contributed by atoms with E-state index in [2.05, 4.69) is 18.0 Å². The Bertz CT molecular complexity index is 768. The second-order valence-corrected chi connectivity index (χ2v) is 5.59. The number of ether oxygens (including phenoxy) is 1. The number of nitrogens with one attached hydrogen (secondary N) is 1. The van der Waals surface area contributed by atoms with Gasteiger partial charge in [-0.1, -0.05) is 0 Å². The fourth-order valence-corrected chi connectivity index (χ4v) is 3.18. The molecule has 0 saturated carbocycles. The minimum absolute atomic E-state index is 0.0255. The summed E-state index contributed by atoms with van der Waals surface area (Å²) in [5.41, 5.74) is 4.54. The summed E-state index contributed by atoms with van der Waals surface area (Å²) in [6.07, 6.45) is 0. The normalized spacial score (nSPS) is 10.5. The summed E-state index contributed by atoms with van der Waals surface area (Å²) in [4.78, 5) is 11.4. The van der Waals surface area contributed by atoms with Crippen LogP contribution >= 0.6 is 0 Å². The van der Waals surface area contributed by atoms with Crippen molar-refractivity contribution in [3.8, 4) is 0 Å². The molecule has 1 aromatic heterocycles. The third kappa shape index (κ3) is 2.96. The van der Waals surface area contributed by atoms with Gasteiger partial charge in [0.1, 0.15) is 0 Å². The number of carbonyl (C=O) groups excluding carboxylic acids is 1. The second-order valence-electron chi connectivity index (χ2n) is 4.48. The van der Waals surface area contributed by atoms with Crippen molar-refractivity contribution in [2.75, 3.05) is 12.4 Å². The molecule has 106 valence electrons. The fourth-order valence-electron chi connectivity index (χ4n) is 2.02. The quantitative estimate of drug-likeness (QED) is 0.579. The van der Waals surface area contributed by atoms with Crippen molar-refractivity contribution in [1.29, 1.82) is 0 Å². The fraction of sp³-hybridized carbons (Fsp3) is 0.133. The molecule has 0 aliphatic heterocycles. The first kappa shape index (κ1) is 13.8. The summed E-state index contributed by atoms with van der Waals surface area (Å²) < 4.78 is 13.5. The summed E-state index contributed by atoms with van der Waals surface area (Å²) in [6, 6.07) is 13.3. The van der Waals surface area contributed by atoms with E-state index < -0.39 is 0 Å². The summed E-state index contributed by atoms with van der Waals surface area (Å²) in [5, 5.41) is 3.36. The standard InChI is InChI=1S/C15H13N3O2Se/c1-20-15(19)11-7-5-10(6-8-11)9-16-12-3-2-4-13-14(12)18-21-17-13/h2-8,16H,9H2,1H3. The first-order chi connectivity index (χ1) is 10.3. The Labute approximate surface area is 128 Å². The topological polar surface area (TPSA) is 64.1 Å². The van der Waals surface area contributed by atoms with E-state index >= 15 is 0 Å². The van der Waals surface area contributed by atoms with Crippen LogP contribution in [0.15, 0.2) is 42.5 Å². The van der Waals surface area contributed by atoms with Gasteiger partial charge < -0.3 is 0 Å². The molecule has 3 aromatic rings. The van der Waals surface area contributed by atoms with Gasteiger partial charge in [-0.15, -0.1) is 0 Å². The van der Waals surface area contributed by atoms with Crippen molar-refractivity contribution in [1.82, 2.24) is 7.96 Å². The molecular weight excluding hydrogens is 333 g/mol. The summed E-state index contributed by atoms with van der Waals surface area (Å²) in [5.74, 6) is -0.321. The molecular formula is C15H13N3O2Se. The zero-order valence-corrected chi connectivity index (χ0v) is 13.1. The number of anilines is 1. The molecule has 1 N–H and O–H groups in total. The van der Waals surface area contributed by atoms with Crippen LogP contribution in [0.5, 0.6) is 0 Å². The molecule has 0 spiro atoms. The molecule has 1 heterocycles. The number of hydrogen-bond acceptors (Lipinski definition) is 5. The summed E-state index contributed by atoms with van der Waals surface area (Å²) in [6.45, 7) is 0.667. The Morgan fingerprint density at radius 1 is 1.19 bits per heavy atom. The van der Waals surface area contributed by atoms with E-state index in [9.17, 15) is 4.79 Å². The van der Waals surface area contributed by atoms with E-state index in [1.165, 1.54) is 7.11 Å². The SMILES string of the molecule is COC(=O)c1ccc(CNc2cccc3n[se]nc23)cc1. The van der Waals surface area contributed by atoms with Gasteiger partial charge in [0.25, 0.3) is 0 Å². The van der Waals surface area contributed by atoms with Crippen molar-refractivity contribution >= 4 is 37.7 Å². The predicted molar refractivity (Wildman–Crippen MR) is 81.6 cm³/mol. The van der Waals surface area contributed by atoms with Gasteiger partial charge in [0.15, 0.2) is 0 Å². The zero-order chi connectivity index (χ0) is 14.7. The van der Waals surface area contributed by atoms with Gasteiger partial charge in [0, 0.05) is 0 Å². The van der Waals surface area contributed by atoms with Crippen LogP contribution in [-0.4, -0.2) is 36.0 Å². The average Bonchev–Trinajstić information content (AvgIpc) is 3.02. The van der Waals surface area contributed by atoms with Crippen molar-refractivity contribution < 1.29 is 9.53 Å². The van der Waals surface area contributed by atoms with Gasteiger partial charge in [0.2, 0.25) is 0 Å². The van der Waals surface area contributed by atoms with Crippen LogP contribution in [-0.2, 0) is 11.3 Å². The molecule has 6 heteroatoms. The zero-order valence-electron chi connectivity index (χ0n) is 11.4. The van der Waals surface area contributed by atoms with E-state index in [-0.39, 0.29) is 20.9 Å².